The maximum atomic E-state index is 12.0. The smallest absolute Gasteiger partial charge is 0.220 e. The summed E-state index contributed by atoms with van der Waals surface area (Å²) in [5, 5.41) is 3.05. The number of benzene rings is 1. The largest absolute Gasteiger partial charge is 0.352 e. The summed E-state index contributed by atoms with van der Waals surface area (Å²) in [7, 11) is 4.14. The van der Waals surface area contributed by atoms with Gasteiger partial charge in [-0.2, -0.15) is 0 Å². The minimum atomic E-state index is 0.193. The highest BCUT2D eigenvalue weighted by molar-refractivity contribution is 5.75. The molecular weight excluding hydrogens is 284 g/mol. The lowest BCUT2D eigenvalue weighted by molar-refractivity contribution is -0.121. The second kappa shape index (κ2) is 9.71. The molecule has 128 valence electrons. The maximum Gasteiger partial charge on any atom is 0.220 e. The second-order valence-electron chi connectivity index (χ2n) is 7.23. The van der Waals surface area contributed by atoms with Crippen LogP contribution in [0.15, 0.2) is 24.3 Å². The molecule has 3 nitrogen and oxygen atoms in total. The van der Waals surface area contributed by atoms with Crippen molar-refractivity contribution in [2.75, 3.05) is 14.1 Å². The van der Waals surface area contributed by atoms with Gasteiger partial charge in [-0.05, 0) is 44.0 Å². The molecule has 0 atom stereocenters. The summed E-state index contributed by atoms with van der Waals surface area (Å²) in [5.74, 6) is 1.07. The van der Waals surface area contributed by atoms with Gasteiger partial charge in [-0.25, -0.2) is 0 Å². The summed E-state index contributed by atoms with van der Waals surface area (Å²) in [5.41, 5.74) is 2.48. The zero-order valence-corrected chi connectivity index (χ0v) is 14.8. The van der Waals surface area contributed by atoms with Crippen molar-refractivity contribution < 1.29 is 4.79 Å². The van der Waals surface area contributed by atoms with Gasteiger partial charge in [0, 0.05) is 19.5 Å². The first kappa shape index (κ1) is 18.0. The van der Waals surface area contributed by atoms with Gasteiger partial charge in [0.2, 0.25) is 5.91 Å². The molecule has 0 spiro atoms. The van der Waals surface area contributed by atoms with Crippen molar-refractivity contribution >= 4 is 5.91 Å². The molecule has 1 N–H and O–H groups in total. The summed E-state index contributed by atoms with van der Waals surface area (Å²) >= 11 is 0. The first-order valence-corrected chi connectivity index (χ1v) is 9.13. The number of nitrogens with zero attached hydrogens (tertiary/aromatic N) is 1. The monoisotopic (exact) mass is 316 g/mol. The van der Waals surface area contributed by atoms with Crippen molar-refractivity contribution in [1.82, 2.24) is 10.2 Å². The van der Waals surface area contributed by atoms with Gasteiger partial charge in [0.1, 0.15) is 0 Å². The van der Waals surface area contributed by atoms with E-state index >= 15 is 0 Å². The Labute approximate surface area is 141 Å². The van der Waals surface area contributed by atoms with Crippen molar-refractivity contribution in [3.05, 3.63) is 35.4 Å². The standard InChI is InChI=1S/C20H32N2O/c1-22(2)16-19-13-11-18(12-14-19)15-21-20(23)10-6-9-17-7-4-3-5-8-17/h11-14,17H,3-10,15-16H2,1-2H3,(H,21,23). The van der Waals surface area contributed by atoms with Gasteiger partial charge in [-0.15, -0.1) is 0 Å². The van der Waals surface area contributed by atoms with Crippen LogP contribution in [-0.2, 0) is 17.9 Å². The van der Waals surface area contributed by atoms with Gasteiger partial charge in [0.25, 0.3) is 0 Å². The van der Waals surface area contributed by atoms with E-state index in [0.717, 1.165) is 18.9 Å². The topological polar surface area (TPSA) is 32.3 Å². The number of hydrogen-bond donors (Lipinski definition) is 1. The first-order chi connectivity index (χ1) is 11.1. The Kier molecular flexibility index (Phi) is 7.60. The van der Waals surface area contributed by atoms with E-state index in [0.29, 0.717) is 13.0 Å². The van der Waals surface area contributed by atoms with Crippen molar-refractivity contribution in [2.24, 2.45) is 5.92 Å². The molecule has 0 radical (unpaired) electrons. The van der Waals surface area contributed by atoms with Crippen LogP contribution < -0.4 is 5.32 Å². The Morgan fingerprint density at radius 1 is 1.09 bits per heavy atom. The molecule has 0 unspecified atom stereocenters. The average Bonchev–Trinajstić information content (AvgIpc) is 2.55. The molecule has 3 heteroatoms. The van der Waals surface area contributed by atoms with Gasteiger partial charge < -0.3 is 10.2 Å². The Morgan fingerprint density at radius 2 is 1.74 bits per heavy atom. The molecule has 1 aliphatic carbocycles. The van der Waals surface area contributed by atoms with Crippen molar-refractivity contribution in [1.29, 1.82) is 0 Å². The maximum absolute atomic E-state index is 12.0. The zero-order chi connectivity index (χ0) is 16.5. The van der Waals surface area contributed by atoms with E-state index in [-0.39, 0.29) is 5.91 Å². The average molecular weight is 316 g/mol. The summed E-state index contributed by atoms with van der Waals surface area (Å²) in [6.07, 6.45) is 9.88. The molecule has 1 aliphatic rings. The SMILES string of the molecule is CN(C)Cc1ccc(CNC(=O)CCCC2CCCCC2)cc1. The number of hydrogen-bond acceptors (Lipinski definition) is 2. The highest BCUT2D eigenvalue weighted by Gasteiger charge is 2.13. The van der Waals surface area contributed by atoms with E-state index in [4.69, 9.17) is 0 Å². The highest BCUT2D eigenvalue weighted by atomic mass is 16.1. The third-order valence-corrected chi connectivity index (χ3v) is 4.75. The van der Waals surface area contributed by atoms with Crippen LogP contribution in [0.2, 0.25) is 0 Å². The molecule has 0 aliphatic heterocycles. The lowest BCUT2D eigenvalue weighted by Crippen LogP contribution is -2.22. The Balaban J connectivity index is 1.61. The predicted octanol–water partition coefficient (Wildman–Crippen LogP) is 4.12. The number of amides is 1. The lowest BCUT2D eigenvalue weighted by atomic mass is 9.86. The molecule has 0 saturated heterocycles. The lowest BCUT2D eigenvalue weighted by Gasteiger charge is -2.21. The molecule has 1 saturated carbocycles. The molecule has 0 aromatic heterocycles. The Morgan fingerprint density at radius 3 is 2.39 bits per heavy atom. The molecule has 1 fully saturated rings. The summed E-state index contributed by atoms with van der Waals surface area (Å²) in [4.78, 5) is 14.1. The number of carbonyl (C=O) groups excluding carboxylic acids is 1. The fraction of sp³-hybridized carbons (Fsp3) is 0.650. The molecule has 2 rings (SSSR count). The van der Waals surface area contributed by atoms with Crippen LogP contribution in [0.25, 0.3) is 0 Å². The molecule has 1 aromatic carbocycles. The third kappa shape index (κ3) is 7.17. The molecule has 0 heterocycles. The minimum absolute atomic E-state index is 0.193. The molecule has 23 heavy (non-hydrogen) atoms. The minimum Gasteiger partial charge on any atom is -0.352 e. The first-order valence-electron chi connectivity index (χ1n) is 9.13. The molecule has 1 aromatic rings. The zero-order valence-electron chi connectivity index (χ0n) is 14.8. The van der Waals surface area contributed by atoms with Gasteiger partial charge in [0.05, 0.1) is 0 Å². The van der Waals surface area contributed by atoms with Gasteiger partial charge in [-0.1, -0.05) is 56.4 Å². The number of rotatable bonds is 8. The van der Waals surface area contributed by atoms with E-state index < -0.39 is 0 Å². The molecule has 1 amide bonds. The van der Waals surface area contributed by atoms with E-state index in [9.17, 15) is 4.79 Å². The highest BCUT2D eigenvalue weighted by Crippen LogP contribution is 2.27. The fourth-order valence-corrected chi connectivity index (χ4v) is 3.44. The molecular formula is C20H32N2O. The normalized spacial score (nSPS) is 15.8. The Bertz CT molecular complexity index is 461. The summed E-state index contributed by atoms with van der Waals surface area (Å²) < 4.78 is 0. The van der Waals surface area contributed by atoms with Gasteiger partial charge >= 0.3 is 0 Å². The predicted molar refractivity (Wildman–Crippen MR) is 96.1 cm³/mol. The van der Waals surface area contributed by atoms with Crippen molar-refractivity contribution in [3.8, 4) is 0 Å². The van der Waals surface area contributed by atoms with Crippen LogP contribution in [0.4, 0.5) is 0 Å². The summed E-state index contributed by atoms with van der Waals surface area (Å²) in [6.45, 7) is 1.60. The summed E-state index contributed by atoms with van der Waals surface area (Å²) in [6, 6.07) is 8.51. The van der Waals surface area contributed by atoms with Crippen LogP contribution >= 0.6 is 0 Å². The van der Waals surface area contributed by atoms with E-state index in [1.165, 1.54) is 49.7 Å². The van der Waals surface area contributed by atoms with Crippen molar-refractivity contribution in [3.63, 3.8) is 0 Å². The number of nitrogens with one attached hydrogen (secondary N) is 1. The van der Waals surface area contributed by atoms with Crippen molar-refractivity contribution in [2.45, 2.75) is 64.5 Å². The van der Waals surface area contributed by atoms with Crippen LogP contribution in [0.3, 0.4) is 0 Å². The quantitative estimate of drug-likeness (QED) is 0.782. The van der Waals surface area contributed by atoms with E-state index in [1.54, 1.807) is 0 Å². The van der Waals surface area contributed by atoms with Crippen LogP contribution in [0, 0.1) is 5.92 Å². The third-order valence-electron chi connectivity index (χ3n) is 4.75. The van der Waals surface area contributed by atoms with E-state index in [2.05, 4.69) is 48.6 Å². The van der Waals surface area contributed by atoms with Crippen LogP contribution in [0.1, 0.15) is 62.5 Å². The molecule has 0 bridgehead atoms. The van der Waals surface area contributed by atoms with Gasteiger partial charge in [0.15, 0.2) is 0 Å². The van der Waals surface area contributed by atoms with Crippen LogP contribution in [-0.4, -0.2) is 24.9 Å². The Hall–Kier alpha value is -1.35. The number of carbonyl (C=O) groups is 1. The van der Waals surface area contributed by atoms with Gasteiger partial charge in [-0.3, -0.25) is 4.79 Å². The van der Waals surface area contributed by atoms with E-state index in [1.807, 2.05) is 0 Å². The fourth-order valence-electron chi connectivity index (χ4n) is 3.44. The van der Waals surface area contributed by atoms with Crippen LogP contribution in [0.5, 0.6) is 0 Å². The second-order valence-corrected chi connectivity index (χ2v) is 7.23.